The smallest absolute Gasteiger partial charge is 0.135 e. The van der Waals surface area contributed by atoms with Gasteiger partial charge in [0, 0.05) is 0 Å². The van der Waals surface area contributed by atoms with Crippen molar-refractivity contribution in [2.75, 3.05) is 6.61 Å². The first-order chi connectivity index (χ1) is 11.3. The molecule has 0 bridgehead atoms. The largest absolute Gasteiger partial charge is 0.394 e. The molecular weight excluding hydrogens is 1410 g/mol. The molecule has 0 atom stereocenters. The van der Waals surface area contributed by atoms with Crippen LogP contribution >= 0.6 is 255 Å². The van der Waals surface area contributed by atoms with E-state index in [2.05, 4.69) is 255 Å². The maximum Gasteiger partial charge on any atom is 0.135 e. The van der Waals surface area contributed by atoms with Gasteiger partial charge in [0.05, 0.1) is 6.61 Å². The molecule has 0 aliphatic rings. The lowest BCUT2D eigenvalue weighted by Gasteiger charge is -2.57. The van der Waals surface area contributed by atoms with Gasteiger partial charge in [-0.05, 0) is 6.92 Å². The summed E-state index contributed by atoms with van der Waals surface area (Å²) in [6.07, 6.45) is 0. The molecule has 0 aromatic carbocycles. The Kier molecular flexibility index (Phi) is 14.3. The van der Waals surface area contributed by atoms with Crippen molar-refractivity contribution >= 4 is 255 Å². The lowest BCUT2D eigenvalue weighted by molar-refractivity contribution is 0.282. The average molecular weight is 1420 g/mol. The van der Waals surface area contributed by atoms with Gasteiger partial charge in [-0.25, -0.2) is 0 Å². The van der Waals surface area contributed by atoms with Crippen molar-refractivity contribution in [3.63, 3.8) is 0 Å². The predicted molar refractivity (Wildman–Crippen MR) is 177 cm³/mol. The fraction of sp³-hybridized carbons (Fsp3) is 1.00. The van der Waals surface area contributed by atoms with E-state index in [9.17, 15) is 5.11 Å². The van der Waals surface area contributed by atoms with Crippen LogP contribution in [0.5, 0.6) is 0 Å². The van der Waals surface area contributed by atoms with Gasteiger partial charge in [0.1, 0.15) is 25.9 Å². The topological polar surface area (TPSA) is 20.2 Å². The Balaban J connectivity index is 6.65. The predicted octanol–water partition coefficient (Wildman–Crippen LogP) is 11.9. The van der Waals surface area contributed by atoms with E-state index in [1.165, 1.54) is 0 Å². The van der Waals surface area contributed by atoms with Crippen molar-refractivity contribution < 1.29 is 5.11 Å². The Labute approximate surface area is 293 Å². The Hall–Kier alpha value is 7.64. The van der Waals surface area contributed by atoms with E-state index < -0.39 is 25.9 Å². The SMILES string of the molecule is CC(Br)(Br)C(Br)(Br)C(Br)(Br)C(Br)(Br)C(Br)(Br)C(Br)(Br)C(Br)(Br)C(Br)(Br)CO. The Morgan fingerprint density at radius 1 is 0.444 bits per heavy atom. The van der Waals surface area contributed by atoms with Crippen LogP contribution in [0.4, 0.5) is 0 Å². The zero-order valence-corrected chi connectivity index (χ0v) is 37.6. The van der Waals surface area contributed by atoms with Crippen LogP contribution in [0.3, 0.4) is 0 Å². The number of aliphatic hydroxyl groups is 1. The van der Waals surface area contributed by atoms with Crippen LogP contribution in [0.15, 0.2) is 0 Å². The van der Waals surface area contributed by atoms with Crippen molar-refractivity contribution in [3.8, 4) is 0 Å². The lowest BCUT2D eigenvalue weighted by atomic mass is 10.1. The number of aliphatic hydroxyl groups excluding tert-OH is 1. The molecular formula is C10H6Br16O. The van der Waals surface area contributed by atoms with Crippen LogP contribution < -0.4 is 0 Å². The highest BCUT2D eigenvalue weighted by Gasteiger charge is 2.76. The highest BCUT2D eigenvalue weighted by atomic mass is 79.9. The van der Waals surface area contributed by atoms with Gasteiger partial charge in [-0.15, -0.1) is 0 Å². The van der Waals surface area contributed by atoms with E-state index in [0.717, 1.165) is 0 Å². The van der Waals surface area contributed by atoms with Gasteiger partial charge in [-0.2, -0.15) is 0 Å². The number of hydrogen-bond acceptors (Lipinski definition) is 1. The first kappa shape index (κ1) is 34.6. The normalized spacial score (nSPS) is 16.7. The molecule has 0 spiro atoms. The van der Waals surface area contributed by atoms with E-state index in [1.54, 1.807) is 0 Å². The van der Waals surface area contributed by atoms with Crippen molar-refractivity contribution in [2.45, 2.75) is 32.8 Å². The Bertz CT molecular complexity index is 544. The summed E-state index contributed by atoms with van der Waals surface area (Å²) in [5.74, 6) is 0. The van der Waals surface area contributed by atoms with Crippen LogP contribution in [0, 0.1) is 0 Å². The number of hydrogen-bond donors (Lipinski definition) is 1. The van der Waals surface area contributed by atoms with Crippen LogP contribution in [0.1, 0.15) is 6.92 Å². The Morgan fingerprint density at radius 3 is 0.889 bits per heavy atom. The lowest BCUT2D eigenvalue weighted by Crippen LogP contribution is -2.68. The first-order valence-electron chi connectivity index (χ1n) is 5.94. The molecule has 0 radical (unpaired) electrons. The van der Waals surface area contributed by atoms with Gasteiger partial charge in [-0.3, -0.25) is 0 Å². The third-order valence-electron chi connectivity index (χ3n) is 3.18. The first-order valence-corrected chi connectivity index (χ1v) is 18.6. The van der Waals surface area contributed by atoms with Crippen molar-refractivity contribution in [1.29, 1.82) is 0 Å². The summed E-state index contributed by atoms with van der Waals surface area (Å²) in [4.78, 5) is 0. The molecule has 0 heterocycles. The molecule has 0 fully saturated rings. The minimum atomic E-state index is -1.03. The monoisotopic (exact) mass is 1400 g/mol. The van der Waals surface area contributed by atoms with Gasteiger partial charge in [0.15, 0.2) is 0 Å². The molecule has 1 N–H and O–H groups in total. The molecule has 0 aliphatic heterocycles. The summed E-state index contributed by atoms with van der Waals surface area (Å²) in [5, 5.41) is 9.86. The van der Waals surface area contributed by atoms with Gasteiger partial charge < -0.3 is 5.11 Å². The zero-order valence-electron chi connectivity index (χ0n) is 12.2. The van der Waals surface area contributed by atoms with Gasteiger partial charge in [-0.1, -0.05) is 255 Å². The molecule has 0 aromatic heterocycles. The summed E-state index contributed by atoms with van der Waals surface area (Å²) in [5.41, 5.74) is 0. The standard InChI is InChI=1S/C10H6Br16O/c1-3(11,12)5(15,16)7(19,20)9(23,24)10(25,26)8(21,22)6(17,18)4(13,14)2-27/h27H,2H2,1H3. The minimum Gasteiger partial charge on any atom is -0.394 e. The number of rotatable bonds is 8. The zero-order chi connectivity index (χ0) is 22.7. The molecule has 0 saturated carbocycles. The summed E-state index contributed by atoms with van der Waals surface area (Å²) in [6.45, 7) is 1.68. The number of alkyl halides is 16. The van der Waals surface area contributed by atoms with Crippen molar-refractivity contribution in [2.24, 2.45) is 0 Å². The highest BCUT2D eigenvalue weighted by molar-refractivity contribution is 9.37. The maximum atomic E-state index is 9.86. The molecule has 17 heteroatoms. The average Bonchev–Trinajstić information content (AvgIpc) is 2.44. The fourth-order valence-corrected chi connectivity index (χ4v) is 15.4. The summed E-state index contributed by atoms with van der Waals surface area (Å²) < 4.78 is -7.38. The second-order valence-electron chi connectivity index (χ2n) is 5.20. The molecule has 0 saturated heterocycles. The molecule has 0 rings (SSSR count). The summed E-state index contributed by atoms with van der Waals surface area (Å²) in [6, 6.07) is 0. The maximum absolute atomic E-state index is 9.86. The van der Waals surface area contributed by atoms with Gasteiger partial charge in [0.25, 0.3) is 0 Å². The van der Waals surface area contributed by atoms with Gasteiger partial charge in [0.2, 0.25) is 0 Å². The minimum absolute atomic E-state index is 0.244. The quantitative estimate of drug-likeness (QED) is 0.240. The second-order valence-corrected chi connectivity index (χ2v) is 33.9. The highest BCUT2D eigenvalue weighted by Crippen LogP contribution is 2.77. The van der Waals surface area contributed by atoms with E-state index in [4.69, 9.17) is 0 Å². The fourth-order valence-electron chi connectivity index (χ4n) is 1.39. The van der Waals surface area contributed by atoms with Crippen LogP contribution in [-0.4, -0.2) is 37.6 Å². The molecule has 164 valence electrons. The summed E-state index contributed by atoms with van der Waals surface area (Å²) in [7, 11) is 0. The molecule has 0 aliphatic carbocycles. The molecule has 0 aromatic rings. The molecule has 0 amide bonds. The van der Waals surface area contributed by atoms with Crippen LogP contribution in [0.25, 0.3) is 0 Å². The van der Waals surface area contributed by atoms with E-state index in [0.29, 0.717) is 0 Å². The van der Waals surface area contributed by atoms with E-state index in [-0.39, 0.29) is 6.61 Å². The van der Waals surface area contributed by atoms with Crippen LogP contribution in [-0.2, 0) is 0 Å². The Morgan fingerprint density at radius 2 is 0.667 bits per heavy atom. The molecule has 0 unspecified atom stereocenters. The van der Waals surface area contributed by atoms with Crippen molar-refractivity contribution in [3.05, 3.63) is 0 Å². The van der Waals surface area contributed by atoms with Crippen molar-refractivity contribution in [1.82, 2.24) is 0 Å². The third-order valence-corrected chi connectivity index (χ3v) is 35.8. The van der Waals surface area contributed by atoms with E-state index >= 15 is 0 Å². The summed E-state index contributed by atoms with van der Waals surface area (Å²) >= 11 is 59.3. The molecule has 27 heavy (non-hydrogen) atoms. The van der Waals surface area contributed by atoms with Crippen LogP contribution in [0.2, 0.25) is 0 Å². The van der Waals surface area contributed by atoms with E-state index in [1.807, 2.05) is 6.92 Å². The molecule has 1 nitrogen and oxygen atoms in total. The third kappa shape index (κ3) is 6.21. The number of halogens is 16. The second kappa shape index (κ2) is 11.2. The van der Waals surface area contributed by atoms with Gasteiger partial charge >= 0.3 is 0 Å².